The van der Waals surface area contributed by atoms with E-state index in [1.165, 1.54) is 22.2 Å². The lowest BCUT2D eigenvalue weighted by molar-refractivity contribution is -0.120. The van der Waals surface area contributed by atoms with Crippen LogP contribution in [0.1, 0.15) is 30.7 Å². The second-order valence-corrected chi connectivity index (χ2v) is 7.23. The summed E-state index contributed by atoms with van der Waals surface area (Å²) < 4.78 is 0. The van der Waals surface area contributed by atoms with Crippen molar-refractivity contribution < 1.29 is 4.79 Å². The average molecular weight is 309 g/mol. The van der Waals surface area contributed by atoms with Gasteiger partial charge in [0.1, 0.15) is 16.2 Å². The monoisotopic (exact) mass is 309 g/mol. The van der Waals surface area contributed by atoms with Crippen LogP contribution in [-0.2, 0) is 4.79 Å². The van der Waals surface area contributed by atoms with Crippen LogP contribution in [0.3, 0.4) is 0 Å². The molecule has 2 aromatic heterocycles. The molecule has 0 aliphatic carbocycles. The lowest BCUT2D eigenvalue weighted by atomic mass is 10.2. The largest absolute Gasteiger partial charge is 0.355 e. The van der Waals surface area contributed by atoms with Gasteiger partial charge in [-0.1, -0.05) is 18.7 Å². The molecule has 1 N–H and O–H groups in total. The standard InChI is InChI=1S/C14H19N3OS2/c1-5-6-15-12(18)10(4)20-14-11-8(2)9(3)19-13(11)16-7-17-14/h7,10H,5-6H2,1-4H3,(H,15,18). The molecule has 0 saturated carbocycles. The molecule has 0 spiro atoms. The van der Waals surface area contributed by atoms with Gasteiger partial charge in [-0.2, -0.15) is 0 Å². The molecule has 0 aliphatic heterocycles. The van der Waals surface area contributed by atoms with Crippen molar-refractivity contribution in [2.24, 2.45) is 0 Å². The van der Waals surface area contributed by atoms with Crippen LogP contribution in [0.25, 0.3) is 10.2 Å². The van der Waals surface area contributed by atoms with Gasteiger partial charge in [0.15, 0.2) is 0 Å². The van der Waals surface area contributed by atoms with E-state index in [0.717, 1.165) is 28.2 Å². The molecule has 1 unspecified atom stereocenters. The van der Waals surface area contributed by atoms with E-state index in [4.69, 9.17) is 0 Å². The molecule has 4 nitrogen and oxygen atoms in total. The van der Waals surface area contributed by atoms with Gasteiger partial charge in [0.2, 0.25) is 5.91 Å². The quantitative estimate of drug-likeness (QED) is 0.680. The highest BCUT2D eigenvalue weighted by molar-refractivity contribution is 8.00. The van der Waals surface area contributed by atoms with E-state index in [-0.39, 0.29) is 11.2 Å². The van der Waals surface area contributed by atoms with E-state index in [9.17, 15) is 4.79 Å². The zero-order valence-corrected chi connectivity index (χ0v) is 13.8. The van der Waals surface area contributed by atoms with E-state index in [1.807, 2.05) is 13.8 Å². The van der Waals surface area contributed by atoms with E-state index >= 15 is 0 Å². The molecular weight excluding hydrogens is 290 g/mol. The Kier molecular flexibility index (Phi) is 4.99. The maximum Gasteiger partial charge on any atom is 0.233 e. The molecule has 108 valence electrons. The number of nitrogens with zero attached hydrogens (tertiary/aromatic N) is 2. The summed E-state index contributed by atoms with van der Waals surface area (Å²) in [7, 11) is 0. The summed E-state index contributed by atoms with van der Waals surface area (Å²) >= 11 is 3.18. The summed E-state index contributed by atoms with van der Waals surface area (Å²) in [5.74, 6) is 0.0632. The Hall–Kier alpha value is -1.14. The third-order valence-electron chi connectivity index (χ3n) is 3.14. The molecule has 0 aromatic carbocycles. The number of carbonyl (C=O) groups is 1. The Morgan fingerprint density at radius 1 is 1.45 bits per heavy atom. The van der Waals surface area contributed by atoms with Crippen LogP contribution >= 0.6 is 23.1 Å². The Labute approximate surface area is 127 Å². The Morgan fingerprint density at radius 2 is 2.20 bits per heavy atom. The number of aryl methyl sites for hydroxylation is 2. The lowest BCUT2D eigenvalue weighted by Crippen LogP contribution is -2.31. The molecule has 1 amide bonds. The first-order valence-corrected chi connectivity index (χ1v) is 8.39. The van der Waals surface area contributed by atoms with Crippen LogP contribution in [0, 0.1) is 13.8 Å². The molecule has 1 atom stereocenters. The van der Waals surface area contributed by atoms with Gasteiger partial charge in [-0.15, -0.1) is 11.3 Å². The molecule has 0 bridgehead atoms. The maximum atomic E-state index is 12.0. The van der Waals surface area contributed by atoms with Crippen LogP contribution < -0.4 is 5.32 Å². The molecule has 2 heterocycles. The summed E-state index contributed by atoms with van der Waals surface area (Å²) in [6.07, 6.45) is 2.53. The maximum absolute atomic E-state index is 12.0. The fraction of sp³-hybridized carbons (Fsp3) is 0.500. The van der Waals surface area contributed by atoms with Crippen LogP contribution in [0.5, 0.6) is 0 Å². The normalized spacial score (nSPS) is 12.6. The fourth-order valence-electron chi connectivity index (χ4n) is 1.85. The summed E-state index contributed by atoms with van der Waals surface area (Å²) in [5.41, 5.74) is 1.22. The number of carbonyl (C=O) groups excluding carboxylic acids is 1. The Bertz CT molecular complexity index is 624. The van der Waals surface area contributed by atoms with Crippen LogP contribution in [-0.4, -0.2) is 27.7 Å². The van der Waals surface area contributed by atoms with Crippen molar-refractivity contribution in [3.63, 3.8) is 0 Å². The molecule has 0 aliphatic rings. The average Bonchev–Trinajstić information content (AvgIpc) is 2.72. The van der Waals surface area contributed by atoms with E-state index in [1.54, 1.807) is 17.7 Å². The molecule has 2 aromatic rings. The SMILES string of the molecule is CCCNC(=O)C(C)Sc1ncnc2sc(C)c(C)c12. The predicted molar refractivity (Wildman–Crippen MR) is 85.5 cm³/mol. The fourth-order valence-corrected chi connectivity index (χ4v) is 3.91. The minimum Gasteiger partial charge on any atom is -0.355 e. The number of thioether (sulfide) groups is 1. The summed E-state index contributed by atoms with van der Waals surface area (Å²) in [4.78, 5) is 22.9. The first-order valence-electron chi connectivity index (χ1n) is 6.69. The van der Waals surface area contributed by atoms with Crippen LogP contribution in [0.15, 0.2) is 11.4 Å². The molecule has 20 heavy (non-hydrogen) atoms. The molecule has 2 rings (SSSR count). The van der Waals surface area contributed by atoms with Gasteiger partial charge >= 0.3 is 0 Å². The number of fused-ring (bicyclic) bond motifs is 1. The van der Waals surface area contributed by atoms with E-state index in [2.05, 4.69) is 29.1 Å². The predicted octanol–water partition coefficient (Wildman–Crippen LogP) is 3.31. The first-order chi connectivity index (χ1) is 9.54. The van der Waals surface area contributed by atoms with Gasteiger partial charge in [-0.25, -0.2) is 9.97 Å². The van der Waals surface area contributed by atoms with Crippen molar-refractivity contribution in [2.45, 2.75) is 44.4 Å². The number of aromatic nitrogens is 2. The van der Waals surface area contributed by atoms with Gasteiger partial charge in [0.05, 0.1) is 5.25 Å². The highest BCUT2D eigenvalue weighted by Crippen LogP contribution is 2.35. The number of hydrogen-bond acceptors (Lipinski definition) is 5. The number of rotatable bonds is 5. The highest BCUT2D eigenvalue weighted by Gasteiger charge is 2.18. The third-order valence-corrected chi connectivity index (χ3v) is 5.35. The van der Waals surface area contributed by atoms with Crippen molar-refractivity contribution in [2.75, 3.05) is 6.54 Å². The van der Waals surface area contributed by atoms with Gasteiger partial charge in [0, 0.05) is 16.8 Å². The van der Waals surface area contributed by atoms with Gasteiger partial charge in [-0.3, -0.25) is 4.79 Å². The van der Waals surface area contributed by atoms with Crippen LogP contribution in [0.4, 0.5) is 0 Å². The van der Waals surface area contributed by atoms with Crippen molar-refractivity contribution in [3.8, 4) is 0 Å². The zero-order valence-electron chi connectivity index (χ0n) is 12.2. The van der Waals surface area contributed by atoms with Crippen molar-refractivity contribution in [3.05, 3.63) is 16.8 Å². The molecule has 0 fully saturated rings. The molecule has 0 saturated heterocycles. The third kappa shape index (κ3) is 3.12. The second kappa shape index (κ2) is 6.54. The highest BCUT2D eigenvalue weighted by atomic mass is 32.2. The van der Waals surface area contributed by atoms with Gasteiger partial charge < -0.3 is 5.32 Å². The molecule has 0 radical (unpaired) electrons. The minimum atomic E-state index is -0.153. The lowest BCUT2D eigenvalue weighted by Gasteiger charge is -2.11. The number of thiophene rings is 1. The smallest absolute Gasteiger partial charge is 0.233 e. The van der Waals surface area contributed by atoms with Crippen LogP contribution in [0.2, 0.25) is 0 Å². The second-order valence-electron chi connectivity index (χ2n) is 4.69. The topological polar surface area (TPSA) is 54.9 Å². The van der Waals surface area contributed by atoms with Crippen molar-refractivity contribution in [1.82, 2.24) is 15.3 Å². The summed E-state index contributed by atoms with van der Waals surface area (Å²) in [6, 6.07) is 0. The van der Waals surface area contributed by atoms with Crippen molar-refractivity contribution in [1.29, 1.82) is 0 Å². The minimum absolute atomic E-state index is 0.0632. The van der Waals surface area contributed by atoms with Crippen molar-refractivity contribution >= 4 is 39.2 Å². The molecular formula is C14H19N3OS2. The molecule has 6 heteroatoms. The summed E-state index contributed by atoms with van der Waals surface area (Å²) in [6.45, 7) is 8.86. The summed E-state index contributed by atoms with van der Waals surface area (Å²) in [5, 5.41) is 4.76. The van der Waals surface area contributed by atoms with E-state index in [0.29, 0.717) is 0 Å². The van der Waals surface area contributed by atoms with Gasteiger partial charge in [0.25, 0.3) is 0 Å². The van der Waals surface area contributed by atoms with E-state index < -0.39 is 0 Å². The number of amides is 1. The Balaban J connectivity index is 2.23. The zero-order chi connectivity index (χ0) is 14.7. The number of hydrogen-bond donors (Lipinski definition) is 1. The van der Waals surface area contributed by atoms with Gasteiger partial charge in [-0.05, 0) is 32.8 Å². The number of nitrogens with one attached hydrogen (secondary N) is 1. The Morgan fingerprint density at radius 3 is 2.90 bits per heavy atom. The first kappa shape index (κ1) is 15.3.